The number of guanidine groups is 1. The summed E-state index contributed by atoms with van der Waals surface area (Å²) in [5.41, 5.74) is 2.01. The molecule has 3 rings (SSSR count). The van der Waals surface area contributed by atoms with Crippen molar-refractivity contribution in [1.29, 1.82) is 0 Å². The van der Waals surface area contributed by atoms with Gasteiger partial charge in [0, 0.05) is 36.6 Å². The van der Waals surface area contributed by atoms with E-state index in [1.165, 1.54) is 11.3 Å². The number of anilines is 1. The number of benzene rings is 1. The van der Waals surface area contributed by atoms with Gasteiger partial charge in [0.05, 0.1) is 10.9 Å². The molecule has 1 fully saturated rings. The second-order valence-electron chi connectivity index (χ2n) is 6.90. The van der Waals surface area contributed by atoms with Gasteiger partial charge in [-0.3, -0.25) is 4.79 Å². The van der Waals surface area contributed by atoms with Crippen LogP contribution >= 0.6 is 22.9 Å². The van der Waals surface area contributed by atoms with E-state index in [1.807, 2.05) is 42.2 Å². The van der Waals surface area contributed by atoms with Crippen molar-refractivity contribution in [2.24, 2.45) is 4.99 Å². The zero-order chi connectivity index (χ0) is 20.6. The Morgan fingerprint density at radius 3 is 2.69 bits per heavy atom. The van der Waals surface area contributed by atoms with E-state index in [-0.39, 0.29) is 5.91 Å². The summed E-state index contributed by atoms with van der Waals surface area (Å²) in [5, 5.41) is 16.6. The molecule has 1 atom stereocenters. The SMILES string of the molecule is CCNC(=NCc1ccc(N2CCCCC2=O)cc1)NCC(O)c1ccc(Cl)s1. The number of rotatable bonds is 7. The maximum absolute atomic E-state index is 12.1. The molecule has 0 saturated carbocycles. The second-order valence-corrected chi connectivity index (χ2v) is 8.65. The van der Waals surface area contributed by atoms with Crippen LogP contribution in [0.4, 0.5) is 5.69 Å². The summed E-state index contributed by atoms with van der Waals surface area (Å²) in [7, 11) is 0. The molecule has 1 aliphatic rings. The van der Waals surface area contributed by atoms with Crippen LogP contribution in [0.1, 0.15) is 42.7 Å². The van der Waals surface area contributed by atoms with Crippen LogP contribution in [0.2, 0.25) is 4.34 Å². The lowest BCUT2D eigenvalue weighted by atomic mass is 10.1. The lowest BCUT2D eigenvalue weighted by Gasteiger charge is -2.26. The summed E-state index contributed by atoms with van der Waals surface area (Å²) in [6, 6.07) is 11.6. The number of carbonyl (C=O) groups is 1. The normalized spacial score (nSPS) is 16.0. The molecule has 2 heterocycles. The molecule has 0 radical (unpaired) electrons. The minimum atomic E-state index is -0.641. The van der Waals surface area contributed by atoms with E-state index < -0.39 is 6.10 Å². The Hall–Kier alpha value is -2.09. The van der Waals surface area contributed by atoms with Crippen molar-refractivity contribution < 1.29 is 9.90 Å². The number of amides is 1. The van der Waals surface area contributed by atoms with Gasteiger partial charge in [-0.2, -0.15) is 0 Å². The number of halogens is 1. The van der Waals surface area contributed by atoms with Gasteiger partial charge in [0.15, 0.2) is 5.96 Å². The number of hydrogen-bond acceptors (Lipinski definition) is 4. The van der Waals surface area contributed by atoms with Gasteiger partial charge in [-0.25, -0.2) is 4.99 Å². The van der Waals surface area contributed by atoms with Crippen LogP contribution in [-0.4, -0.2) is 36.6 Å². The number of piperidine rings is 1. The average Bonchev–Trinajstić information content (AvgIpc) is 3.17. The van der Waals surface area contributed by atoms with Crippen molar-refractivity contribution in [1.82, 2.24) is 10.6 Å². The Bertz CT molecular complexity index is 837. The maximum Gasteiger partial charge on any atom is 0.226 e. The van der Waals surface area contributed by atoms with Gasteiger partial charge in [-0.05, 0) is 49.6 Å². The van der Waals surface area contributed by atoms with Crippen LogP contribution in [0, 0.1) is 0 Å². The Balaban J connectivity index is 1.57. The predicted octanol–water partition coefficient (Wildman–Crippen LogP) is 3.71. The van der Waals surface area contributed by atoms with Crippen molar-refractivity contribution in [3.63, 3.8) is 0 Å². The molecule has 1 aliphatic heterocycles. The fourth-order valence-corrected chi connectivity index (χ4v) is 4.22. The van der Waals surface area contributed by atoms with Gasteiger partial charge < -0.3 is 20.6 Å². The van der Waals surface area contributed by atoms with Crippen LogP contribution in [0.5, 0.6) is 0 Å². The van der Waals surface area contributed by atoms with E-state index in [0.717, 1.165) is 42.1 Å². The lowest BCUT2D eigenvalue weighted by molar-refractivity contribution is -0.119. The minimum Gasteiger partial charge on any atom is -0.386 e. The fourth-order valence-electron chi connectivity index (χ4n) is 3.17. The molecule has 1 amide bonds. The minimum absolute atomic E-state index is 0.200. The Kier molecular flexibility index (Phi) is 7.91. The molecule has 29 heavy (non-hydrogen) atoms. The number of hydrogen-bond donors (Lipinski definition) is 3. The van der Waals surface area contributed by atoms with Gasteiger partial charge in [0.1, 0.15) is 6.10 Å². The van der Waals surface area contributed by atoms with E-state index in [0.29, 0.717) is 29.8 Å². The topological polar surface area (TPSA) is 77.0 Å². The largest absolute Gasteiger partial charge is 0.386 e. The van der Waals surface area contributed by atoms with Crippen molar-refractivity contribution >= 4 is 40.5 Å². The number of nitrogens with zero attached hydrogens (tertiary/aromatic N) is 2. The third-order valence-electron chi connectivity index (χ3n) is 4.72. The van der Waals surface area contributed by atoms with E-state index in [2.05, 4.69) is 15.6 Å². The molecular weight excluding hydrogens is 408 g/mol. The average molecular weight is 435 g/mol. The maximum atomic E-state index is 12.1. The molecule has 0 aliphatic carbocycles. The number of aliphatic hydroxyl groups is 1. The number of nitrogens with one attached hydrogen (secondary N) is 2. The van der Waals surface area contributed by atoms with Crippen LogP contribution in [0.15, 0.2) is 41.4 Å². The van der Waals surface area contributed by atoms with Gasteiger partial charge in [-0.1, -0.05) is 23.7 Å². The highest BCUT2D eigenvalue weighted by Crippen LogP contribution is 2.26. The number of carbonyl (C=O) groups excluding carboxylic acids is 1. The monoisotopic (exact) mass is 434 g/mol. The Morgan fingerprint density at radius 2 is 2.03 bits per heavy atom. The highest BCUT2D eigenvalue weighted by atomic mass is 35.5. The fraction of sp³-hybridized carbons (Fsp3) is 0.429. The van der Waals surface area contributed by atoms with Crippen LogP contribution in [0.3, 0.4) is 0 Å². The van der Waals surface area contributed by atoms with Crippen molar-refractivity contribution in [3.05, 3.63) is 51.2 Å². The van der Waals surface area contributed by atoms with Crippen molar-refractivity contribution in [2.45, 2.75) is 38.8 Å². The smallest absolute Gasteiger partial charge is 0.226 e. The summed E-state index contributed by atoms with van der Waals surface area (Å²) >= 11 is 7.30. The molecule has 8 heteroatoms. The molecule has 1 aromatic carbocycles. The molecule has 0 spiro atoms. The number of thiophene rings is 1. The first-order chi connectivity index (χ1) is 14.1. The molecule has 2 aromatic rings. The quantitative estimate of drug-likeness (QED) is 0.458. The van der Waals surface area contributed by atoms with E-state index in [4.69, 9.17) is 11.6 Å². The summed E-state index contributed by atoms with van der Waals surface area (Å²) in [4.78, 5) is 19.3. The van der Waals surface area contributed by atoms with Gasteiger partial charge in [-0.15, -0.1) is 11.3 Å². The molecule has 1 saturated heterocycles. The van der Waals surface area contributed by atoms with Crippen LogP contribution in [0.25, 0.3) is 0 Å². The summed E-state index contributed by atoms with van der Waals surface area (Å²) in [6.45, 7) is 4.37. The molecule has 3 N–H and O–H groups in total. The first-order valence-electron chi connectivity index (χ1n) is 9.91. The molecule has 0 bridgehead atoms. The van der Waals surface area contributed by atoms with E-state index >= 15 is 0 Å². The molecule has 156 valence electrons. The zero-order valence-electron chi connectivity index (χ0n) is 16.5. The van der Waals surface area contributed by atoms with Crippen LogP contribution in [-0.2, 0) is 11.3 Å². The third kappa shape index (κ3) is 6.19. The number of aliphatic imine (C=N–C) groups is 1. The molecular formula is C21H27ClN4O2S. The second kappa shape index (κ2) is 10.6. The highest BCUT2D eigenvalue weighted by Gasteiger charge is 2.19. The molecule has 1 unspecified atom stereocenters. The zero-order valence-corrected chi connectivity index (χ0v) is 18.1. The standard InChI is InChI=1S/C21H27ClN4O2S/c1-2-23-21(25-14-17(27)18-10-11-19(22)29-18)24-13-15-6-8-16(9-7-15)26-12-4-3-5-20(26)28/h6-11,17,27H,2-5,12-14H2,1H3,(H2,23,24,25). The lowest BCUT2D eigenvalue weighted by Crippen LogP contribution is -2.39. The summed E-state index contributed by atoms with van der Waals surface area (Å²) < 4.78 is 0.661. The summed E-state index contributed by atoms with van der Waals surface area (Å²) in [5.74, 6) is 0.843. The first-order valence-corrected chi connectivity index (χ1v) is 11.1. The van der Waals surface area contributed by atoms with Crippen LogP contribution < -0.4 is 15.5 Å². The van der Waals surface area contributed by atoms with Gasteiger partial charge in [0.2, 0.25) is 5.91 Å². The third-order valence-corrected chi connectivity index (χ3v) is 6.05. The van der Waals surface area contributed by atoms with Gasteiger partial charge in [0.25, 0.3) is 0 Å². The van der Waals surface area contributed by atoms with E-state index in [1.54, 1.807) is 6.07 Å². The highest BCUT2D eigenvalue weighted by molar-refractivity contribution is 7.16. The van der Waals surface area contributed by atoms with Crippen molar-refractivity contribution in [2.75, 3.05) is 24.5 Å². The predicted molar refractivity (Wildman–Crippen MR) is 120 cm³/mol. The van der Waals surface area contributed by atoms with E-state index in [9.17, 15) is 9.90 Å². The molecule has 1 aromatic heterocycles. The summed E-state index contributed by atoms with van der Waals surface area (Å²) in [6.07, 6.45) is 2.03. The molecule has 6 nitrogen and oxygen atoms in total. The first kappa shape index (κ1) is 21.6. The Labute approximate surface area is 180 Å². The Morgan fingerprint density at radius 1 is 1.24 bits per heavy atom. The van der Waals surface area contributed by atoms with Gasteiger partial charge >= 0.3 is 0 Å². The van der Waals surface area contributed by atoms with Crippen molar-refractivity contribution in [3.8, 4) is 0 Å². The number of aliphatic hydroxyl groups excluding tert-OH is 1.